The molecule has 0 saturated carbocycles. The van der Waals surface area contributed by atoms with Crippen molar-refractivity contribution in [2.45, 2.75) is 19.8 Å². The molecule has 4 heteroatoms. The van der Waals surface area contributed by atoms with Crippen molar-refractivity contribution in [1.82, 2.24) is 5.32 Å². The van der Waals surface area contributed by atoms with E-state index in [4.69, 9.17) is 0 Å². The van der Waals surface area contributed by atoms with Gasteiger partial charge >= 0.3 is 6.03 Å². The molecular formula is C13H19N3O. The summed E-state index contributed by atoms with van der Waals surface area (Å²) in [6.45, 7) is 4.82. The van der Waals surface area contributed by atoms with Gasteiger partial charge in [-0.05, 0) is 44.0 Å². The van der Waals surface area contributed by atoms with E-state index in [-0.39, 0.29) is 6.03 Å². The monoisotopic (exact) mass is 233 g/mol. The number of hydrogen-bond donors (Lipinski definition) is 2. The lowest BCUT2D eigenvalue weighted by Gasteiger charge is -2.17. The summed E-state index contributed by atoms with van der Waals surface area (Å²) in [4.78, 5) is 13.7. The smallest absolute Gasteiger partial charge is 0.319 e. The third kappa shape index (κ3) is 3.12. The molecule has 0 aromatic heterocycles. The first-order valence-corrected chi connectivity index (χ1v) is 6.19. The summed E-state index contributed by atoms with van der Waals surface area (Å²) in [6, 6.07) is 7.87. The molecule has 1 aromatic carbocycles. The molecule has 2 amide bonds. The molecule has 2 N–H and O–H groups in total. The highest BCUT2D eigenvalue weighted by molar-refractivity contribution is 5.89. The van der Waals surface area contributed by atoms with Gasteiger partial charge in [-0.2, -0.15) is 0 Å². The van der Waals surface area contributed by atoms with E-state index in [9.17, 15) is 4.79 Å². The Morgan fingerprint density at radius 2 is 1.88 bits per heavy atom. The Bertz CT molecular complexity index is 369. The zero-order valence-electron chi connectivity index (χ0n) is 10.2. The second-order valence-corrected chi connectivity index (χ2v) is 4.23. The summed E-state index contributed by atoms with van der Waals surface area (Å²) in [7, 11) is 0. The summed E-state index contributed by atoms with van der Waals surface area (Å²) in [5.74, 6) is 0. The number of anilines is 2. The molecule has 1 saturated heterocycles. The molecule has 1 heterocycles. The minimum Gasteiger partial charge on any atom is -0.372 e. The molecule has 4 nitrogen and oxygen atoms in total. The molecule has 17 heavy (non-hydrogen) atoms. The first-order chi connectivity index (χ1) is 8.29. The zero-order chi connectivity index (χ0) is 12.1. The van der Waals surface area contributed by atoms with Crippen molar-refractivity contribution in [2.24, 2.45) is 0 Å². The van der Waals surface area contributed by atoms with E-state index < -0.39 is 0 Å². The third-order valence-corrected chi connectivity index (χ3v) is 2.93. The summed E-state index contributed by atoms with van der Waals surface area (Å²) in [5.41, 5.74) is 2.07. The van der Waals surface area contributed by atoms with Gasteiger partial charge in [-0.25, -0.2) is 4.79 Å². The van der Waals surface area contributed by atoms with Crippen molar-refractivity contribution in [3.63, 3.8) is 0 Å². The number of urea groups is 1. The number of amides is 2. The van der Waals surface area contributed by atoms with Crippen LogP contribution in [0, 0.1) is 0 Å². The van der Waals surface area contributed by atoms with Crippen LogP contribution in [0.3, 0.4) is 0 Å². The Kier molecular flexibility index (Phi) is 3.85. The normalized spacial score (nSPS) is 14.8. The van der Waals surface area contributed by atoms with Crippen molar-refractivity contribution in [1.29, 1.82) is 0 Å². The van der Waals surface area contributed by atoms with E-state index in [1.165, 1.54) is 18.5 Å². The second kappa shape index (κ2) is 5.57. The minimum absolute atomic E-state index is 0.151. The summed E-state index contributed by atoms with van der Waals surface area (Å²) in [6.07, 6.45) is 2.55. The molecule has 0 radical (unpaired) electrons. The van der Waals surface area contributed by atoms with Crippen molar-refractivity contribution < 1.29 is 4.79 Å². The SMILES string of the molecule is CCNC(=O)Nc1ccc(N2CCCC2)cc1. The van der Waals surface area contributed by atoms with Gasteiger partial charge in [0.25, 0.3) is 0 Å². The van der Waals surface area contributed by atoms with Crippen molar-refractivity contribution in [3.05, 3.63) is 24.3 Å². The summed E-state index contributed by atoms with van der Waals surface area (Å²) < 4.78 is 0. The maximum absolute atomic E-state index is 11.3. The lowest BCUT2D eigenvalue weighted by atomic mass is 10.2. The maximum Gasteiger partial charge on any atom is 0.319 e. The van der Waals surface area contributed by atoms with E-state index in [2.05, 4.69) is 27.7 Å². The highest BCUT2D eigenvalue weighted by atomic mass is 16.2. The van der Waals surface area contributed by atoms with Gasteiger partial charge in [0.2, 0.25) is 0 Å². The van der Waals surface area contributed by atoms with Crippen LogP contribution in [0.2, 0.25) is 0 Å². The third-order valence-electron chi connectivity index (χ3n) is 2.93. The fourth-order valence-electron chi connectivity index (χ4n) is 2.07. The molecule has 0 unspecified atom stereocenters. The number of benzene rings is 1. The molecule has 1 aliphatic rings. The maximum atomic E-state index is 11.3. The van der Waals surface area contributed by atoms with E-state index in [1.807, 2.05) is 19.1 Å². The lowest BCUT2D eigenvalue weighted by molar-refractivity contribution is 0.252. The van der Waals surface area contributed by atoms with E-state index in [0.29, 0.717) is 6.54 Å². The molecule has 0 spiro atoms. The van der Waals surface area contributed by atoms with Crippen molar-refractivity contribution in [2.75, 3.05) is 29.9 Å². The van der Waals surface area contributed by atoms with E-state index in [0.717, 1.165) is 18.8 Å². The van der Waals surface area contributed by atoms with Crippen LogP contribution in [-0.4, -0.2) is 25.7 Å². The van der Waals surface area contributed by atoms with Crippen LogP contribution >= 0.6 is 0 Å². The average Bonchev–Trinajstić information content (AvgIpc) is 2.84. The number of rotatable bonds is 3. The molecule has 1 aromatic rings. The molecule has 0 atom stereocenters. The number of nitrogens with zero attached hydrogens (tertiary/aromatic N) is 1. The predicted octanol–water partition coefficient (Wildman–Crippen LogP) is 2.43. The average molecular weight is 233 g/mol. The molecule has 1 fully saturated rings. The summed E-state index contributed by atoms with van der Waals surface area (Å²) in [5, 5.41) is 5.50. The largest absolute Gasteiger partial charge is 0.372 e. The Labute approximate surface area is 102 Å². The standard InChI is InChI=1S/C13H19N3O/c1-2-14-13(17)15-11-5-7-12(8-6-11)16-9-3-4-10-16/h5-8H,2-4,9-10H2,1H3,(H2,14,15,17). The number of nitrogens with one attached hydrogen (secondary N) is 2. The molecular weight excluding hydrogens is 214 g/mol. The van der Waals surface area contributed by atoms with Crippen LogP contribution in [0.4, 0.5) is 16.2 Å². The summed E-state index contributed by atoms with van der Waals surface area (Å²) >= 11 is 0. The Morgan fingerprint density at radius 1 is 1.24 bits per heavy atom. The quantitative estimate of drug-likeness (QED) is 0.842. The van der Waals surface area contributed by atoms with Gasteiger partial charge in [-0.3, -0.25) is 0 Å². The van der Waals surface area contributed by atoms with Gasteiger partial charge in [-0.15, -0.1) is 0 Å². The molecule has 0 aliphatic carbocycles. The Morgan fingerprint density at radius 3 is 2.47 bits per heavy atom. The number of carbonyl (C=O) groups excluding carboxylic acids is 1. The molecule has 92 valence electrons. The van der Waals surface area contributed by atoms with Crippen LogP contribution in [0.15, 0.2) is 24.3 Å². The van der Waals surface area contributed by atoms with Gasteiger partial charge < -0.3 is 15.5 Å². The molecule has 2 rings (SSSR count). The Hall–Kier alpha value is -1.71. The number of carbonyl (C=O) groups is 1. The lowest BCUT2D eigenvalue weighted by Crippen LogP contribution is -2.28. The molecule has 0 bridgehead atoms. The highest BCUT2D eigenvalue weighted by Crippen LogP contribution is 2.21. The fraction of sp³-hybridized carbons (Fsp3) is 0.462. The number of hydrogen-bond acceptors (Lipinski definition) is 2. The van der Waals surface area contributed by atoms with Crippen LogP contribution in [-0.2, 0) is 0 Å². The Balaban J connectivity index is 1.95. The van der Waals surface area contributed by atoms with Gasteiger partial charge in [0.1, 0.15) is 0 Å². The van der Waals surface area contributed by atoms with Crippen LogP contribution in [0.25, 0.3) is 0 Å². The van der Waals surface area contributed by atoms with Crippen molar-refractivity contribution in [3.8, 4) is 0 Å². The van der Waals surface area contributed by atoms with Gasteiger partial charge in [-0.1, -0.05) is 0 Å². The van der Waals surface area contributed by atoms with Gasteiger partial charge in [0, 0.05) is 31.0 Å². The van der Waals surface area contributed by atoms with E-state index >= 15 is 0 Å². The zero-order valence-corrected chi connectivity index (χ0v) is 10.2. The predicted molar refractivity (Wildman–Crippen MR) is 70.6 cm³/mol. The van der Waals surface area contributed by atoms with Crippen LogP contribution < -0.4 is 15.5 Å². The highest BCUT2D eigenvalue weighted by Gasteiger charge is 2.11. The second-order valence-electron chi connectivity index (χ2n) is 4.23. The fourth-order valence-corrected chi connectivity index (χ4v) is 2.07. The van der Waals surface area contributed by atoms with Crippen LogP contribution in [0.1, 0.15) is 19.8 Å². The van der Waals surface area contributed by atoms with E-state index in [1.54, 1.807) is 0 Å². The molecule has 1 aliphatic heterocycles. The topological polar surface area (TPSA) is 44.4 Å². The minimum atomic E-state index is -0.151. The van der Waals surface area contributed by atoms with Gasteiger partial charge in [0.05, 0.1) is 0 Å². The van der Waals surface area contributed by atoms with Crippen LogP contribution in [0.5, 0.6) is 0 Å². The van der Waals surface area contributed by atoms with Crippen molar-refractivity contribution >= 4 is 17.4 Å². The van der Waals surface area contributed by atoms with Gasteiger partial charge in [0.15, 0.2) is 0 Å². The first-order valence-electron chi connectivity index (χ1n) is 6.19. The first kappa shape index (κ1) is 11.8.